The zero-order valence-electron chi connectivity index (χ0n) is 15.4. The molecule has 1 heterocycles. The van der Waals surface area contributed by atoms with E-state index < -0.39 is 0 Å². The number of carbonyl (C=O) groups is 2. The highest BCUT2D eigenvalue weighted by atomic mass is 35.5. The SMILES string of the molecule is CC(C)CN1C(=O)S/C(=C\c2ccc(OCc3ccccc3Cl)c(Cl)c2)C1=O. The van der Waals surface area contributed by atoms with Crippen molar-refractivity contribution >= 4 is 52.2 Å². The molecule has 0 radical (unpaired) electrons. The quantitative estimate of drug-likeness (QED) is 0.501. The zero-order chi connectivity index (χ0) is 20.3. The lowest BCUT2D eigenvalue weighted by Gasteiger charge is -2.14. The number of ether oxygens (including phenoxy) is 1. The van der Waals surface area contributed by atoms with Crippen molar-refractivity contribution in [1.82, 2.24) is 4.90 Å². The maximum absolute atomic E-state index is 12.4. The molecule has 2 aromatic rings. The molecule has 3 rings (SSSR count). The average molecular weight is 436 g/mol. The highest BCUT2D eigenvalue weighted by Gasteiger charge is 2.35. The van der Waals surface area contributed by atoms with Gasteiger partial charge in [-0.3, -0.25) is 14.5 Å². The number of imide groups is 1. The van der Waals surface area contributed by atoms with Gasteiger partial charge in [-0.05, 0) is 47.5 Å². The number of nitrogens with zero attached hydrogens (tertiary/aromatic N) is 1. The van der Waals surface area contributed by atoms with Crippen molar-refractivity contribution in [2.45, 2.75) is 20.5 Å². The van der Waals surface area contributed by atoms with Gasteiger partial charge < -0.3 is 4.74 Å². The summed E-state index contributed by atoms with van der Waals surface area (Å²) in [5.74, 6) is 0.474. The monoisotopic (exact) mass is 435 g/mol. The van der Waals surface area contributed by atoms with Crippen LogP contribution in [0.15, 0.2) is 47.4 Å². The summed E-state index contributed by atoms with van der Waals surface area (Å²) < 4.78 is 5.76. The van der Waals surface area contributed by atoms with Crippen LogP contribution in [0.25, 0.3) is 6.08 Å². The van der Waals surface area contributed by atoms with Gasteiger partial charge in [0.1, 0.15) is 12.4 Å². The van der Waals surface area contributed by atoms with Crippen molar-refractivity contribution in [2.75, 3.05) is 6.54 Å². The van der Waals surface area contributed by atoms with E-state index in [9.17, 15) is 9.59 Å². The topological polar surface area (TPSA) is 46.6 Å². The first kappa shape index (κ1) is 20.8. The largest absolute Gasteiger partial charge is 0.487 e. The highest BCUT2D eigenvalue weighted by Crippen LogP contribution is 2.34. The summed E-state index contributed by atoms with van der Waals surface area (Å²) in [6.07, 6.45) is 1.68. The van der Waals surface area contributed by atoms with Crippen molar-refractivity contribution < 1.29 is 14.3 Å². The third-order valence-electron chi connectivity index (χ3n) is 4.02. The fourth-order valence-corrected chi connectivity index (χ4v) is 3.95. The van der Waals surface area contributed by atoms with Gasteiger partial charge in [-0.2, -0.15) is 0 Å². The summed E-state index contributed by atoms with van der Waals surface area (Å²) in [6.45, 7) is 4.65. The van der Waals surface area contributed by atoms with Crippen LogP contribution in [0.1, 0.15) is 25.0 Å². The lowest BCUT2D eigenvalue weighted by molar-refractivity contribution is -0.123. The fraction of sp³-hybridized carbons (Fsp3) is 0.238. The molecular weight excluding hydrogens is 417 g/mol. The van der Waals surface area contributed by atoms with E-state index in [4.69, 9.17) is 27.9 Å². The van der Waals surface area contributed by atoms with E-state index in [1.54, 1.807) is 30.3 Å². The minimum absolute atomic E-state index is 0.219. The Bertz CT molecular complexity index is 943. The first-order valence-corrected chi connectivity index (χ1v) is 10.3. The van der Waals surface area contributed by atoms with E-state index in [1.165, 1.54) is 4.90 Å². The molecule has 0 unspecified atom stereocenters. The van der Waals surface area contributed by atoms with Crippen LogP contribution < -0.4 is 4.74 Å². The molecule has 0 N–H and O–H groups in total. The van der Waals surface area contributed by atoms with Crippen LogP contribution in [-0.4, -0.2) is 22.6 Å². The minimum atomic E-state index is -0.265. The maximum Gasteiger partial charge on any atom is 0.293 e. The van der Waals surface area contributed by atoms with Gasteiger partial charge in [0.25, 0.3) is 11.1 Å². The van der Waals surface area contributed by atoms with Crippen molar-refractivity contribution in [3.8, 4) is 5.75 Å². The van der Waals surface area contributed by atoms with Crippen LogP contribution >= 0.6 is 35.0 Å². The molecule has 7 heteroatoms. The van der Waals surface area contributed by atoms with Crippen molar-refractivity contribution in [3.05, 3.63) is 68.5 Å². The molecule has 0 aliphatic carbocycles. The van der Waals surface area contributed by atoms with E-state index in [-0.39, 0.29) is 17.1 Å². The van der Waals surface area contributed by atoms with Crippen molar-refractivity contribution in [1.29, 1.82) is 0 Å². The van der Waals surface area contributed by atoms with Gasteiger partial charge >= 0.3 is 0 Å². The summed E-state index contributed by atoms with van der Waals surface area (Å²) in [5.41, 5.74) is 1.59. The first-order chi connectivity index (χ1) is 13.3. The predicted molar refractivity (Wildman–Crippen MR) is 115 cm³/mol. The van der Waals surface area contributed by atoms with Gasteiger partial charge in [0.2, 0.25) is 0 Å². The molecule has 1 aliphatic rings. The number of rotatable bonds is 6. The van der Waals surface area contributed by atoms with Gasteiger partial charge in [-0.15, -0.1) is 0 Å². The lowest BCUT2D eigenvalue weighted by atomic mass is 10.2. The molecule has 28 heavy (non-hydrogen) atoms. The molecule has 0 bridgehead atoms. The smallest absolute Gasteiger partial charge is 0.293 e. The maximum atomic E-state index is 12.4. The van der Waals surface area contributed by atoms with Gasteiger partial charge in [0.15, 0.2) is 0 Å². The van der Waals surface area contributed by atoms with E-state index >= 15 is 0 Å². The number of carbonyl (C=O) groups excluding carboxylic acids is 2. The molecule has 146 valence electrons. The summed E-state index contributed by atoms with van der Waals surface area (Å²) in [4.78, 5) is 26.2. The number of thioether (sulfide) groups is 1. The van der Waals surface area contributed by atoms with Crippen LogP contribution in [0, 0.1) is 5.92 Å². The van der Waals surface area contributed by atoms with E-state index in [1.807, 2.05) is 32.0 Å². The Morgan fingerprint density at radius 2 is 1.86 bits per heavy atom. The molecule has 0 aromatic heterocycles. The predicted octanol–water partition coefficient (Wildman–Crippen LogP) is 6.26. The third kappa shape index (κ3) is 4.90. The molecule has 2 aromatic carbocycles. The van der Waals surface area contributed by atoms with Gasteiger partial charge in [-0.25, -0.2) is 0 Å². The summed E-state index contributed by atoms with van der Waals surface area (Å²) in [7, 11) is 0. The van der Waals surface area contributed by atoms with Crippen LogP contribution in [0.2, 0.25) is 10.0 Å². The number of benzene rings is 2. The van der Waals surface area contributed by atoms with Crippen LogP contribution in [-0.2, 0) is 11.4 Å². The molecule has 0 atom stereocenters. The Morgan fingerprint density at radius 1 is 1.11 bits per heavy atom. The van der Waals surface area contributed by atoms with Gasteiger partial charge in [0.05, 0.1) is 9.93 Å². The van der Waals surface area contributed by atoms with Crippen molar-refractivity contribution in [2.24, 2.45) is 5.92 Å². The number of hydrogen-bond donors (Lipinski definition) is 0. The Morgan fingerprint density at radius 3 is 2.54 bits per heavy atom. The molecule has 1 aliphatic heterocycles. The van der Waals surface area contributed by atoms with Gasteiger partial charge in [-0.1, -0.05) is 61.3 Å². The Hall–Kier alpha value is -1.95. The molecule has 0 spiro atoms. The average Bonchev–Trinajstić information content (AvgIpc) is 2.89. The Labute approximate surface area is 178 Å². The van der Waals surface area contributed by atoms with Crippen LogP contribution in [0.4, 0.5) is 4.79 Å². The van der Waals surface area contributed by atoms with Crippen molar-refractivity contribution in [3.63, 3.8) is 0 Å². The van der Waals surface area contributed by atoms with E-state index in [0.29, 0.717) is 33.9 Å². The molecule has 2 amide bonds. The third-order valence-corrected chi connectivity index (χ3v) is 5.59. The minimum Gasteiger partial charge on any atom is -0.487 e. The standard InChI is InChI=1S/C21H19Cl2NO3S/c1-13(2)11-24-20(25)19(28-21(24)26)10-14-7-8-18(17(23)9-14)27-12-15-5-3-4-6-16(15)22/h3-10,13H,11-12H2,1-2H3/b19-10-. The highest BCUT2D eigenvalue weighted by molar-refractivity contribution is 8.18. The lowest BCUT2D eigenvalue weighted by Crippen LogP contribution is -2.31. The molecule has 0 saturated carbocycles. The number of hydrogen-bond acceptors (Lipinski definition) is 4. The molecule has 4 nitrogen and oxygen atoms in total. The second-order valence-corrected chi connectivity index (χ2v) is 8.56. The summed E-state index contributed by atoms with van der Waals surface area (Å²) >= 11 is 13.4. The summed E-state index contributed by atoms with van der Waals surface area (Å²) in [5, 5.41) is 0.810. The second kappa shape index (κ2) is 9.03. The van der Waals surface area contributed by atoms with Crippen LogP contribution in [0.3, 0.4) is 0 Å². The number of amides is 2. The number of halogens is 2. The van der Waals surface area contributed by atoms with E-state index in [2.05, 4.69) is 0 Å². The molecular formula is C21H19Cl2NO3S. The summed E-state index contributed by atoms with van der Waals surface area (Å²) in [6, 6.07) is 12.7. The fourth-order valence-electron chi connectivity index (χ4n) is 2.67. The Balaban J connectivity index is 1.72. The molecule has 1 fully saturated rings. The second-order valence-electron chi connectivity index (χ2n) is 6.76. The normalized spacial score (nSPS) is 15.8. The Kier molecular flexibility index (Phi) is 6.70. The van der Waals surface area contributed by atoms with Gasteiger partial charge in [0, 0.05) is 17.1 Å². The van der Waals surface area contributed by atoms with Crippen LogP contribution in [0.5, 0.6) is 5.75 Å². The first-order valence-electron chi connectivity index (χ1n) is 8.76. The van der Waals surface area contributed by atoms with E-state index in [0.717, 1.165) is 22.9 Å². The zero-order valence-corrected chi connectivity index (χ0v) is 17.8. The molecule has 1 saturated heterocycles.